The van der Waals surface area contributed by atoms with Gasteiger partial charge in [-0.05, 0) is 0 Å². The van der Waals surface area contributed by atoms with E-state index in [1.54, 1.807) is 0 Å². The molecule has 0 nitrogen and oxygen atoms in total. The van der Waals surface area contributed by atoms with Crippen LogP contribution in [0.15, 0.2) is 0 Å². The van der Waals surface area contributed by atoms with Gasteiger partial charge >= 0.3 is 23.1 Å². The first-order chi connectivity index (χ1) is 0. The Kier molecular flexibility index (Phi) is 515. The molecule has 0 aliphatic rings. The maximum Gasteiger partial charge on any atom is 0.316 e. The minimum Gasteiger partial charge on any atom is 0 e. The van der Waals surface area contributed by atoms with Crippen molar-refractivity contribution in [2.75, 3.05) is 0 Å². The Balaban J connectivity index is 0. The summed E-state index contributed by atoms with van der Waals surface area (Å²) in [6.07, 6.45) is 0. The van der Waals surface area contributed by atoms with Crippen LogP contribution in [0.5, 0.6) is 0 Å². The summed E-state index contributed by atoms with van der Waals surface area (Å²) in [6.45, 7) is 0. The predicted molar refractivity (Wildman–Crippen MR) is 18.5 cm³/mol. The molecule has 67 valence electrons. The SMILES string of the molecule is [Ag].[AlH3].[Au].[Cu].[MgH2].[Ni].[Pt].[Ti]. The van der Waals surface area contributed by atoms with Crippen LogP contribution >= 0.6 is 0 Å². The molecule has 0 aromatic heterocycles. The molecule has 8 heteroatoms. The van der Waals surface area contributed by atoms with Crippen molar-refractivity contribution in [1.82, 2.24) is 0 Å². The van der Waals surface area contributed by atoms with Gasteiger partial charge in [-0.3, -0.25) is 0 Å². The van der Waals surface area contributed by atoms with E-state index in [9.17, 15) is 0 Å². The zero-order chi connectivity index (χ0) is 0. The molecule has 0 rings (SSSR count). The first kappa shape index (κ1) is 72.7. The van der Waals surface area contributed by atoms with Gasteiger partial charge in [-0.25, -0.2) is 0 Å². The van der Waals surface area contributed by atoms with Gasteiger partial charge in [-0.1, -0.05) is 0 Å². The third-order valence-corrected chi connectivity index (χ3v) is 0. The summed E-state index contributed by atoms with van der Waals surface area (Å²) in [7, 11) is 0. The number of rotatable bonds is 0. The van der Waals surface area contributed by atoms with Crippen LogP contribution in [0.2, 0.25) is 0 Å². The molecule has 0 saturated heterocycles. The summed E-state index contributed by atoms with van der Waals surface area (Å²) >= 11 is 0. The standard InChI is InChI=1S/Ag.Al.Au.Cu.Mg.Ni.Pt.Ti.5H. The van der Waals surface area contributed by atoms with E-state index in [1.165, 1.54) is 0 Å². The van der Waals surface area contributed by atoms with Crippen molar-refractivity contribution < 1.29 is 121 Å². The van der Waals surface area contributed by atoms with Crippen LogP contribution in [-0.2, 0) is 121 Å². The Bertz CT molecular complexity index is 24.0. The molecule has 0 aromatic rings. The third kappa shape index (κ3) is 43.1. The van der Waals surface area contributed by atoms with Gasteiger partial charge in [0, 0.05) is 121 Å². The second kappa shape index (κ2) is 56.6. The fourth-order valence-electron chi connectivity index (χ4n) is 0. The normalized spacial score (nSPS) is 0. The molecule has 0 heterocycles. The van der Waals surface area contributed by atoms with E-state index < -0.39 is 0 Å². The molecule has 3 radical (unpaired) electrons. The summed E-state index contributed by atoms with van der Waals surface area (Å²) in [5.74, 6) is 0. The largest absolute Gasteiger partial charge is 0.316 e. The van der Waals surface area contributed by atoms with Gasteiger partial charge in [0.1, 0.15) is 0 Å². The zero-order valence-corrected chi connectivity index (χ0v) is 11.4. The van der Waals surface area contributed by atoms with Crippen LogP contribution in [-0.4, -0.2) is 40.4 Å². The molecule has 8 heavy (non-hydrogen) atoms. The molecule has 0 aliphatic carbocycles. The molecule has 0 aromatic carbocycles. The average molecular weight is 726 g/mol. The number of hydrogen-bond donors (Lipinski definition) is 0. The first-order valence-electron chi connectivity index (χ1n) is 0. The van der Waals surface area contributed by atoms with Crippen molar-refractivity contribution in [3.63, 3.8) is 0 Å². The Hall–Kier alpha value is 5.19. The van der Waals surface area contributed by atoms with E-state index in [2.05, 4.69) is 0 Å². The van der Waals surface area contributed by atoms with E-state index in [0.29, 0.717) is 0 Å². The van der Waals surface area contributed by atoms with E-state index in [4.69, 9.17) is 0 Å². The molecule has 0 fully saturated rings. The van der Waals surface area contributed by atoms with Crippen LogP contribution in [0.1, 0.15) is 0 Å². The maximum absolute atomic E-state index is 0. The van der Waals surface area contributed by atoms with Crippen LogP contribution < -0.4 is 0 Å². The summed E-state index contributed by atoms with van der Waals surface area (Å²) in [5, 5.41) is 0. The second-order valence-corrected chi connectivity index (χ2v) is 0. The second-order valence-electron chi connectivity index (χ2n) is 0. The molecule has 0 aliphatic heterocycles. The molecule has 0 spiro atoms. The van der Waals surface area contributed by atoms with Gasteiger partial charge in [-0.2, -0.15) is 0 Å². The molecule has 0 atom stereocenters. The summed E-state index contributed by atoms with van der Waals surface area (Å²) in [4.78, 5) is 0. The van der Waals surface area contributed by atoms with Crippen molar-refractivity contribution in [3.8, 4) is 0 Å². The monoisotopic (exact) mass is 724 g/mol. The van der Waals surface area contributed by atoms with E-state index >= 15 is 0 Å². The topological polar surface area (TPSA) is 0 Å². The summed E-state index contributed by atoms with van der Waals surface area (Å²) in [6, 6.07) is 0. The van der Waals surface area contributed by atoms with Crippen molar-refractivity contribution in [2.24, 2.45) is 0 Å². The van der Waals surface area contributed by atoms with Crippen LogP contribution in [0.4, 0.5) is 0 Å². The van der Waals surface area contributed by atoms with Gasteiger partial charge in [-0.15, -0.1) is 0 Å². The molecule has 0 unspecified atom stereocenters. The Morgan fingerprint density at radius 1 is 1.00 bits per heavy atom. The van der Waals surface area contributed by atoms with E-state index in [-0.39, 0.29) is 162 Å². The number of hydrogen-bond acceptors (Lipinski definition) is 0. The average Bonchev–Trinajstić information content (AvgIpc) is 0. The Morgan fingerprint density at radius 3 is 1.00 bits per heavy atom. The van der Waals surface area contributed by atoms with Crippen molar-refractivity contribution >= 4 is 40.4 Å². The van der Waals surface area contributed by atoms with Gasteiger partial charge in [0.05, 0.1) is 0 Å². The van der Waals surface area contributed by atoms with E-state index in [1.807, 2.05) is 0 Å². The molecule has 0 N–H and O–H groups in total. The van der Waals surface area contributed by atoms with Crippen LogP contribution in [0, 0.1) is 0 Å². The van der Waals surface area contributed by atoms with E-state index in [0.717, 1.165) is 0 Å². The third-order valence-electron chi connectivity index (χ3n) is 0. The van der Waals surface area contributed by atoms with Crippen LogP contribution in [0.25, 0.3) is 0 Å². The molecule has 0 amide bonds. The zero-order valence-electron chi connectivity index (χ0n) is 2.04. The minimum absolute atomic E-state index is 0. The predicted octanol–water partition coefficient (Wildman–Crippen LogP) is -2.12. The van der Waals surface area contributed by atoms with Gasteiger partial charge in [0.25, 0.3) is 0 Å². The van der Waals surface area contributed by atoms with Crippen molar-refractivity contribution in [2.45, 2.75) is 0 Å². The first-order valence-corrected chi connectivity index (χ1v) is 0. The smallest absolute Gasteiger partial charge is 0 e. The molecule has 0 bridgehead atoms. The fraction of sp³-hybridized carbons (Fsp3) is 0. The molecule has 0 saturated carbocycles. The van der Waals surface area contributed by atoms with Gasteiger partial charge < -0.3 is 0 Å². The summed E-state index contributed by atoms with van der Waals surface area (Å²) < 4.78 is 0. The fourth-order valence-corrected chi connectivity index (χ4v) is 0. The van der Waals surface area contributed by atoms with Gasteiger partial charge in [0.15, 0.2) is 17.4 Å². The van der Waals surface area contributed by atoms with Crippen molar-refractivity contribution in [1.29, 1.82) is 0 Å². The quantitative estimate of drug-likeness (QED) is 0.251. The maximum atomic E-state index is 0. The van der Waals surface area contributed by atoms with Crippen LogP contribution in [0.3, 0.4) is 0 Å². The Labute approximate surface area is 158 Å². The van der Waals surface area contributed by atoms with Crippen molar-refractivity contribution in [3.05, 3.63) is 0 Å². The van der Waals surface area contributed by atoms with Gasteiger partial charge in [0.2, 0.25) is 0 Å². The minimum atomic E-state index is 0. The summed E-state index contributed by atoms with van der Waals surface area (Å²) in [5.41, 5.74) is 0. The molecular formula is H5AgAlAuCuMgNiPtTi. The Morgan fingerprint density at radius 2 is 1.00 bits per heavy atom. The molecular weight excluding hydrogens is 721 g/mol.